The van der Waals surface area contributed by atoms with Crippen LogP contribution in [0.4, 0.5) is 0 Å². The molecule has 0 aliphatic rings. The molecule has 0 fully saturated rings. The molecule has 0 rings (SSSR count). The van der Waals surface area contributed by atoms with Gasteiger partial charge >= 0.3 is 11.9 Å². The Morgan fingerprint density at radius 3 is 1.38 bits per heavy atom. The predicted molar refractivity (Wildman–Crippen MR) is 249 cm³/mol. The topological polar surface area (TPSA) is 102 Å². The number of aliphatic carboxylic acids is 1. The molecule has 0 aliphatic heterocycles. The summed E-state index contributed by atoms with van der Waals surface area (Å²) >= 11 is 0. The summed E-state index contributed by atoms with van der Waals surface area (Å²) in [5.74, 6) is -1.79. The standard InChI is InChI=1S/C52H89NO7/c1-6-8-10-12-14-16-18-20-22-23-24-25-26-27-29-31-33-35-37-39-41-43-51(55)60-48(46-58-45-44-49(52(56)57)53(3,4)5)47-59-50(54)42-40-38-36-34-32-30-28-21-19-17-15-13-11-9-7-2/h8,10,14,16,20,22,24-25,27,29,33,35,48-49H,6-7,9,11-13,15,17-19,21,23,26,28,30-32,34,36-47H2,1-5H3/b10-8+,16-14+,22-20+,25-24+,29-27+,35-33+. The quantitative estimate of drug-likeness (QED) is 0.0261. The summed E-state index contributed by atoms with van der Waals surface area (Å²) in [4.78, 5) is 36.9. The van der Waals surface area contributed by atoms with E-state index in [-0.39, 0.29) is 49.1 Å². The third kappa shape index (κ3) is 40.2. The Kier molecular flexibility index (Phi) is 40.2. The first-order valence-corrected chi connectivity index (χ1v) is 24.0. The Hall–Kier alpha value is -3.23. The summed E-state index contributed by atoms with van der Waals surface area (Å²) in [5.41, 5.74) is 0. The highest BCUT2D eigenvalue weighted by Gasteiger charge is 2.25. The minimum atomic E-state index is -1.13. The first kappa shape index (κ1) is 56.8. The maximum Gasteiger partial charge on any atom is 0.306 e. The zero-order valence-corrected chi connectivity index (χ0v) is 39.1. The van der Waals surface area contributed by atoms with E-state index >= 15 is 0 Å². The van der Waals surface area contributed by atoms with Crippen molar-refractivity contribution in [2.45, 2.75) is 199 Å². The van der Waals surface area contributed by atoms with Crippen molar-refractivity contribution in [3.63, 3.8) is 0 Å². The summed E-state index contributed by atoms with van der Waals surface area (Å²) in [6, 6.07) is -0.736. The van der Waals surface area contributed by atoms with Gasteiger partial charge in [-0.2, -0.15) is 0 Å². The van der Waals surface area contributed by atoms with Crippen LogP contribution in [0.2, 0.25) is 0 Å². The Balaban J connectivity index is 4.39. The van der Waals surface area contributed by atoms with Crippen LogP contribution in [0.15, 0.2) is 72.9 Å². The molecule has 0 saturated carbocycles. The first-order valence-electron chi connectivity index (χ1n) is 24.0. The van der Waals surface area contributed by atoms with Crippen molar-refractivity contribution < 1.29 is 38.2 Å². The van der Waals surface area contributed by atoms with Crippen LogP contribution in [-0.2, 0) is 28.6 Å². The molecule has 0 spiro atoms. The van der Waals surface area contributed by atoms with Crippen molar-refractivity contribution in [2.24, 2.45) is 0 Å². The lowest BCUT2D eigenvalue weighted by Crippen LogP contribution is -2.55. The number of nitrogens with zero attached hydrogens (tertiary/aromatic N) is 1. The summed E-state index contributed by atoms with van der Waals surface area (Å²) in [6.07, 6.45) is 53.6. The molecule has 2 unspecified atom stereocenters. The number of allylic oxidation sites excluding steroid dienone is 12. The third-order valence-electron chi connectivity index (χ3n) is 10.4. The number of carboxylic acids is 1. The fraction of sp³-hybridized carbons (Fsp3) is 0.712. The van der Waals surface area contributed by atoms with Crippen molar-refractivity contribution >= 4 is 17.9 Å². The number of hydrogen-bond acceptors (Lipinski definition) is 7. The maximum absolute atomic E-state index is 12.7. The van der Waals surface area contributed by atoms with Crippen LogP contribution in [0, 0.1) is 0 Å². The minimum absolute atomic E-state index is 0.0213. The highest BCUT2D eigenvalue weighted by atomic mass is 16.6. The molecule has 0 heterocycles. The Morgan fingerprint density at radius 1 is 0.517 bits per heavy atom. The molecule has 0 saturated heterocycles. The number of carboxylic acid groups (broad SMARTS) is 1. The van der Waals surface area contributed by atoms with Gasteiger partial charge in [-0.3, -0.25) is 9.59 Å². The third-order valence-corrected chi connectivity index (χ3v) is 10.4. The van der Waals surface area contributed by atoms with E-state index in [0.717, 1.165) is 70.6 Å². The molecule has 8 heteroatoms. The van der Waals surface area contributed by atoms with E-state index in [1.165, 1.54) is 77.0 Å². The van der Waals surface area contributed by atoms with Crippen LogP contribution < -0.4 is 5.11 Å². The largest absolute Gasteiger partial charge is 0.544 e. The van der Waals surface area contributed by atoms with Gasteiger partial charge in [-0.05, 0) is 64.2 Å². The first-order chi connectivity index (χ1) is 29.1. The summed E-state index contributed by atoms with van der Waals surface area (Å²) in [6.45, 7) is 4.50. The van der Waals surface area contributed by atoms with E-state index in [9.17, 15) is 19.5 Å². The van der Waals surface area contributed by atoms with Gasteiger partial charge < -0.3 is 28.6 Å². The number of hydrogen-bond donors (Lipinski definition) is 0. The average Bonchev–Trinajstić information content (AvgIpc) is 3.21. The van der Waals surface area contributed by atoms with Crippen LogP contribution in [-0.4, -0.2) is 75.5 Å². The molecule has 0 bridgehead atoms. The van der Waals surface area contributed by atoms with Crippen LogP contribution in [0.3, 0.4) is 0 Å². The lowest BCUT2D eigenvalue weighted by Gasteiger charge is -2.34. The molecule has 0 aromatic heterocycles. The average molecular weight is 840 g/mol. The van der Waals surface area contributed by atoms with Crippen molar-refractivity contribution in [1.82, 2.24) is 0 Å². The van der Waals surface area contributed by atoms with Crippen molar-refractivity contribution in [1.29, 1.82) is 0 Å². The van der Waals surface area contributed by atoms with Crippen molar-refractivity contribution in [3.05, 3.63) is 72.9 Å². The van der Waals surface area contributed by atoms with E-state index in [2.05, 4.69) is 86.8 Å². The van der Waals surface area contributed by atoms with Gasteiger partial charge in [0.05, 0.1) is 40.3 Å². The molecule has 0 aromatic carbocycles. The maximum atomic E-state index is 12.7. The number of rotatable bonds is 42. The van der Waals surface area contributed by atoms with Crippen LogP contribution in [0.5, 0.6) is 0 Å². The van der Waals surface area contributed by atoms with Crippen LogP contribution in [0.1, 0.15) is 187 Å². The van der Waals surface area contributed by atoms with Crippen LogP contribution in [0.25, 0.3) is 0 Å². The van der Waals surface area contributed by atoms with Gasteiger partial charge in [-0.15, -0.1) is 0 Å². The number of esters is 2. The Morgan fingerprint density at radius 2 is 0.933 bits per heavy atom. The lowest BCUT2D eigenvalue weighted by molar-refractivity contribution is -0.889. The molecule has 60 heavy (non-hydrogen) atoms. The molecular weight excluding hydrogens is 751 g/mol. The summed E-state index contributed by atoms with van der Waals surface area (Å²) in [7, 11) is 5.39. The van der Waals surface area contributed by atoms with E-state index in [4.69, 9.17) is 14.2 Å². The van der Waals surface area contributed by atoms with Gasteiger partial charge in [0.15, 0.2) is 6.10 Å². The fourth-order valence-corrected chi connectivity index (χ4v) is 6.66. The molecular formula is C52H89NO7. The summed E-state index contributed by atoms with van der Waals surface area (Å²) < 4.78 is 17.2. The SMILES string of the molecule is CC/C=C/C/C=C/C/C=C/C/C=C/C/C=C/C/C=C/CCCCC(=O)OC(COCCC(C(=O)[O-])[N+](C)(C)C)COC(=O)CCCCCCCCCCCCCCCCC. The zero-order valence-electron chi connectivity index (χ0n) is 39.1. The molecule has 0 aliphatic carbocycles. The molecule has 2 atom stereocenters. The zero-order chi connectivity index (χ0) is 44.2. The van der Waals surface area contributed by atoms with Crippen LogP contribution >= 0.6 is 0 Å². The predicted octanol–water partition coefficient (Wildman–Crippen LogP) is 12.2. The highest BCUT2D eigenvalue weighted by molar-refractivity contribution is 5.70. The van der Waals surface area contributed by atoms with Gasteiger partial charge in [0, 0.05) is 19.3 Å². The second-order valence-corrected chi connectivity index (χ2v) is 17.0. The number of carbonyl (C=O) groups excluding carboxylic acids is 3. The second-order valence-electron chi connectivity index (χ2n) is 17.0. The van der Waals surface area contributed by atoms with E-state index < -0.39 is 18.1 Å². The van der Waals surface area contributed by atoms with E-state index in [0.29, 0.717) is 12.8 Å². The van der Waals surface area contributed by atoms with Crippen molar-refractivity contribution in [3.8, 4) is 0 Å². The number of quaternary nitrogens is 1. The van der Waals surface area contributed by atoms with E-state index in [1.807, 2.05) is 0 Å². The normalized spacial score (nSPS) is 13.6. The van der Waals surface area contributed by atoms with Gasteiger partial charge in [-0.1, -0.05) is 177 Å². The van der Waals surface area contributed by atoms with Crippen molar-refractivity contribution in [2.75, 3.05) is 41.0 Å². The number of likely N-dealkylation sites (N-methyl/N-ethyl adjacent to an activating group) is 1. The second kappa shape index (κ2) is 42.5. The molecule has 8 nitrogen and oxygen atoms in total. The van der Waals surface area contributed by atoms with Gasteiger partial charge in [-0.25, -0.2) is 0 Å². The molecule has 0 amide bonds. The van der Waals surface area contributed by atoms with Gasteiger partial charge in [0.25, 0.3) is 0 Å². The van der Waals surface area contributed by atoms with Gasteiger partial charge in [0.2, 0.25) is 0 Å². The minimum Gasteiger partial charge on any atom is -0.544 e. The number of carbonyl (C=O) groups is 3. The summed E-state index contributed by atoms with van der Waals surface area (Å²) in [5, 5.41) is 11.6. The number of ether oxygens (including phenoxy) is 3. The molecule has 0 radical (unpaired) electrons. The Labute approximate surface area is 368 Å². The Bertz CT molecular complexity index is 1210. The smallest absolute Gasteiger partial charge is 0.306 e. The molecule has 344 valence electrons. The molecule has 0 N–H and O–H groups in total. The lowest BCUT2D eigenvalue weighted by atomic mass is 10.0. The monoisotopic (exact) mass is 840 g/mol. The fourth-order valence-electron chi connectivity index (χ4n) is 6.66. The molecule has 0 aromatic rings. The highest BCUT2D eigenvalue weighted by Crippen LogP contribution is 2.15. The number of unbranched alkanes of at least 4 members (excludes halogenated alkanes) is 16. The van der Waals surface area contributed by atoms with Gasteiger partial charge in [0.1, 0.15) is 12.6 Å². The van der Waals surface area contributed by atoms with E-state index in [1.54, 1.807) is 21.1 Å².